The number of fused-ring (bicyclic) bond motifs is 3. The van der Waals surface area contributed by atoms with Crippen molar-refractivity contribution in [2.24, 2.45) is 11.8 Å². The number of morpholine rings is 1. The number of benzene rings is 4. The molecule has 1 aliphatic carbocycles. The molecule has 1 saturated carbocycles. The lowest BCUT2D eigenvalue weighted by molar-refractivity contribution is -0.187. The number of anilines is 1. The number of nitrogens with zero attached hydrogens (tertiary/aromatic N) is 3. The number of rotatable bonds is 11. The number of hydrogen-bond acceptors (Lipinski definition) is 12. The fourth-order valence-electron chi connectivity index (χ4n) is 10.6. The van der Waals surface area contributed by atoms with Crippen LogP contribution in [0.1, 0.15) is 98.4 Å². The van der Waals surface area contributed by atoms with E-state index in [1.54, 1.807) is 56.3 Å². The number of aliphatic hydroxyl groups is 2. The number of hydroxylamine groups is 2. The Morgan fingerprint density at radius 1 is 0.868 bits per heavy atom. The van der Waals surface area contributed by atoms with Crippen LogP contribution in [-0.4, -0.2) is 102 Å². The van der Waals surface area contributed by atoms with Gasteiger partial charge in [0, 0.05) is 12.6 Å². The van der Waals surface area contributed by atoms with E-state index in [1.165, 1.54) is 21.3 Å². The number of urea groups is 1. The van der Waals surface area contributed by atoms with Gasteiger partial charge in [0.2, 0.25) is 5.91 Å². The summed E-state index contributed by atoms with van der Waals surface area (Å²) in [6, 6.07) is 24.7. The number of carbonyl (C=O) groups is 5. The lowest BCUT2D eigenvalue weighted by Crippen LogP contribution is -2.57. The van der Waals surface area contributed by atoms with Gasteiger partial charge in [-0.2, -0.15) is 0 Å². The zero-order valence-corrected chi connectivity index (χ0v) is 38.9. The van der Waals surface area contributed by atoms with Crippen molar-refractivity contribution < 1.29 is 53.2 Å². The summed E-state index contributed by atoms with van der Waals surface area (Å²) in [5.74, 6) is 1.51. The molecule has 15 nitrogen and oxygen atoms in total. The first kappa shape index (κ1) is 47.9. The Labute approximate surface area is 396 Å². The highest BCUT2D eigenvalue weighted by Gasteiger charge is 2.76. The maximum absolute atomic E-state index is 16.5. The Bertz CT molecular complexity index is 2570. The van der Waals surface area contributed by atoms with Gasteiger partial charge < -0.3 is 29.7 Å². The van der Waals surface area contributed by atoms with E-state index in [-0.39, 0.29) is 24.5 Å². The average molecular weight is 927 g/mol. The zero-order chi connectivity index (χ0) is 48.3. The summed E-state index contributed by atoms with van der Waals surface area (Å²) in [4.78, 5) is 83.9. The minimum absolute atomic E-state index is 0.0132. The number of ether oxygens (including phenoxy) is 3. The third kappa shape index (κ3) is 8.62. The van der Waals surface area contributed by atoms with Crippen molar-refractivity contribution in [3.05, 3.63) is 131 Å². The first-order valence-corrected chi connectivity index (χ1v) is 23.2. The average Bonchev–Trinajstić information content (AvgIpc) is 3.69. The van der Waals surface area contributed by atoms with Crippen LogP contribution in [0.3, 0.4) is 0 Å². The molecule has 15 heteroatoms. The number of esters is 2. The van der Waals surface area contributed by atoms with E-state index in [0.717, 1.165) is 35.6 Å². The molecule has 7 atom stereocenters. The third-order valence-corrected chi connectivity index (χ3v) is 13.8. The molecular weight excluding hydrogens is 869 g/mol. The van der Waals surface area contributed by atoms with E-state index in [0.29, 0.717) is 40.8 Å². The Kier molecular flexibility index (Phi) is 14.1. The van der Waals surface area contributed by atoms with Crippen LogP contribution in [0.25, 0.3) is 0 Å². The molecule has 8 rings (SSSR count). The van der Waals surface area contributed by atoms with Crippen LogP contribution in [0.5, 0.6) is 5.75 Å². The van der Waals surface area contributed by atoms with Gasteiger partial charge >= 0.3 is 18.0 Å². The molecule has 3 N–H and O–H groups in total. The van der Waals surface area contributed by atoms with E-state index in [1.807, 2.05) is 65.6 Å². The number of nitrogens with one attached hydrogen (secondary N) is 1. The predicted octanol–water partition coefficient (Wildman–Crippen LogP) is 6.09. The summed E-state index contributed by atoms with van der Waals surface area (Å²) in [6.07, 6.45) is 3.60. The second-order valence-corrected chi connectivity index (χ2v) is 18.2. The summed E-state index contributed by atoms with van der Waals surface area (Å²) in [5.41, 5.74) is -0.866. The summed E-state index contributed by atoms with van der Waals surface area (Å²) < 4.78 is 17.4. The summed E-state index contributed by atoms with van der Waals surface area (Å²) in [7, 11) is 3.89. The van der Waals surface area contributed by atoms with Crippen LogP contribution >= 0.6 is 0 Å². The molecule has 1 spiro atoms. The Morgan fingerprint density at radius 3 is 2.12 bits per heavy atom. The molecule has 68 heavy (non-hydrogen) atoms. The van der Waals surface area contributed by atoms with Crippen LogP contribution in [0, 0.1) is 23.7 Å². The van der Waals surface area contributed by atoms with Crippen molar-refractivity contribution in [3.8, 4) is 17.6 Å². The topological polar surface area (TPSA) is 184 Å². The third-order valence-electron chi connectivity index (χ3n) is 13.8. The number of methoxy groups -OCH3 is 1. The van der Waals surface area contributed by atoms with Crippen molar-refractivity contribution in [1.29, 1.82) is 0 Å². The normalized spacial score (nSPS) is 24.5. The predicted molar refractivity (Wildman–Crippen MR) is 249 cm³/mol. The Morgan fingerprint density at radius 2 is 1.51 bits per heavy atom. The number of aliphatic hydroxyl groups excluding tert-OH is 1. The van der Waals surface area contributed by atoms with Crippen LogP contribution in [-0.2, 0) is 38.9 Å². The first-order chi connectivity index (χ1) is 32.8. The van der Waals surface area contributed by atoms with E-state index in [9.17, 15) is 15.0 Å². The van der Waals surface area contributed by atoms with Crippen molar-refractivity contribution in [2.75, 3.05) is 39.4 Å². The molecule has 2 saturated heterocycles. The second kappa shape index (κ2) is 20.0. The van der Waals surface area contributed by atoms with Crippen molar-refractivity contribution in [1.82, 2.24) is 15.3 Å². The summed E-state index contributed by atoms with van der Waals surface area (Å²) in [6.45, 7) is 3.23. The van der Waals surface area contributed by atoms with E-state index >= 15 is 19.2 Å². The molecule has 2 unspecified atom stereocenters. The number of imide groups is 1. The smallest absolute Gasteiger partial charge is 0.329 e. The molecule has 3 fully saturated rings. The summed E-state index contributed by atoms with van der Waals surface area (Å²) >= 11 is 0. The molecule has 3 aliphatic heterocycles. The fourth-order valence-corrected chi connectivity index (χ4v) is 10.6. The Hall–Kier alpha value is -6.57. The van der Waals surface area contributed by atoms with Crippen molar-refractivity contribution in [3.63, 3.8) is 0 Å². The molecule has 4 aromatic rings. The molecule has 0 bridgehead atoms. The number of carbonyl (C=O) groups excluding carboxylic acids is 5. The van der Waals surface area contributed by atoms with Crippen LogP contribution in [0.2, 0.25) is 0 Å². The van der Waals surface area contributed by atoms with Gasteiger partial charge in [-0.15, -0.1) is 0 Å². The molecule has 356 valence electrons. The van der Waals surface area contributed by atoms with Gasteiger partial charge in [-0.25, -0.2) is 19.6 Å². The Balaban J connectivity index is 1.45. The number of amides is 4. The van der Waals surface area contributed by atoms with Gasteiger partial charge in [-0.1, -0.05) is 111 Å². The monoisotopic (exact) mass is 926 g/mol. The highest BCUT2D eigenvalue weighted by atomic mass is 16.7. The molecule has 0 aromatic heterocycles. The fraction of sp³-hybridized carbons (Fsp3) is 0.415. The maximum Gasteiger partial charge on any atom is 0.329 e. The number of cyclic esters (lactones) is 1. The highest BCUT2D eigenvalue weighted by Crippen LogP contribution is 2.66. The van der Waals surface area contributed by atoms with E-state index < -0.39 is 82.9 Å². The largest absolute Gasteiger partial charge is 0.491 e. The number of hydrogen-bond donors (Lipinski definition) is 3. The minimum atomic E-state index is -2.14. The lowest BCUT2D eigenvalue weighted by atomic mass is 9.65. The van der Waals surface area contributed by atoms with Crippen molar-refractivity contribution in [2.45, 2.75) is 93.7 Å². The molecule has 0 radical (unpaired) electrons. The van der Waals surface area contributed by atoms with Crippen LogP contribution in [0.15, 0.2) is 103 Å². The second-order valence-electron chi connectivity index (χ2n) is 18.2. The molecule has 4 amide bonds. The van der Waals surface area contributed by atoms with E-state index in [2.05, 4.69) is 17.2 Å². The highest BCUT2D eigenvalue weighted by molar-refractivity contribution is 6.25. The van der Waals surface area contributed by atoms with Gasteiger partial charge in [0.05, 0.1) is 44.5 Å². The summed E-state index contributed by atoms with van der Waals surface area (Å²) in [5, 5.41) is 25.0. The molecular formula is C53H58N4O11. The molecule has 4 aromatic carbocycles. The van der Waals surface area contributed by atoms with E-state index in [4.69, 9.17) is 19.0 Å². The van der Waals surface area contributed by atoms with Gasteiger partial charge in [0.25, 0.3) is 5.91 Å². The van der Waals surface area contributed by atoms with Crippen LogP contribution < -0.4 is 15.0 Å². The van der Waals surface area contributed by atoms with Crippen LogP contribution in [0.4, 0.5) is 10.5 Å². The lowest BCUT2D eigenvalue weighted by Gasteiger charge is -2.46. The van der Waals surface area contributed by atoms with Crippen molar-refractivity contribution >= 4 is 35.5 Å². The molecule has 4 aliphatic rings. The maximum atomic E-state index is 16.5. The van der Waals surface area contributed by atoms with Gasteiger partial charge in [0.15, 0.2) is 0 Å². The zero-order valence-electron chi connectivity index (χ0n) is 38.9. The van der Waals surface area contributed by atoms with Gasteiger partial charge in [-0.3, -0.25) is 24.1 Å². The quantitative estimate of drug-likeness (QED) is 0.0683. The van der Waals surface area contributed by atoms with Gasteiger partial charge in [0.1, 0.15) is 41.6 Å². The SMILES string of the molecule is COC(=O)[C@@H](NC(=O)N1C(=O)[C@@]2(c3cc(C#CC4(O)CCCCCC4)ccc31)[C@H](c1ccc(OCCO)cc1)N1C(c3ccccc3)C(c3ccccc3)OC(=O)[C@H]1[C@@H]2C(=O)N(C)OC)C(C)C. The minimum Gasteiger partial charge on any atom is -0.491 e. The standard InChI is InChI=1S/C53H58N4O11/c1-33(2)42(48(60)65-4)54-51(63)56-40-25-20-34(26-29-52(64)27-14-6-7-15-28-52)32-39(40)53(50(56)62)41(47(59)55(3)66-5)44-49(61)68-45(36-18-12-9-13-19-36)43(35-16-10-8-11-17-35)57(44)46(53)37-21-23-38(24-22-37)67-31-30-58/h8-13,16-25,32-33,41-46,58,64H,6-7,14-15,27-28,30-31H2,1-5H3,(H,54,63)/t41-,42+,43?,44-,45?,46+,53-/m1/s1. The van der Waals surface area contributed by atoms with Gasteiger partial charge in [-0.05, 0) is 84.2 Å². The molecule has 3 heterocycles. The first-order valence-electron chi connectivity index (χ1n) is 23.2.